The van der Waals surface area contributed by atoms with Gasteiger partial charge in [0.25, 0.3) is 0 Å². The summed E-state index contributed by atoms with van der Waals surface area (Å²) in [5.74, 6) is 0.534. The highest BCUT2D eigenvalue weighted by Gasteiger charge is 2.59. The third-order valence-electron chi connectivity index (χ3n) is 6.11. The summed E-state index contributed by atoms with van der Waals surface area (Å²) >= 11 is 12.0. The lowest BCUT2D eigenvalue weighted by molar-refractivity contribution is -0.130. The fourth-order valence-electron chi connectivity index (χ4n) is 4.61. The molecule has 6 nitrogen and oxygen atoms in total. The summed E-state index contributed by atoms with van der Waals surface area (Å²) in [6.07, 6.45) is 0. The molecule has 0 radical (unpaired) electrons. The van der Waals surface area contributed by atoms with Crippen LogP contribution in [0.5, 0.6) is 11.5 Å². The van der Waals surface area contributed by atoms with Gasteiger partial charge >= 0.3 is 0 Å². The Bertz CT molecular complexity index is 1220. The number of benzene rings is 3. The van der Waals surface area contributed by atoms with Gasteiger partial charge in [0.05, 0.1) is 13.2 Å². The molecule has 2 aliphatic heterocycles. The largest absolute Gasteiger partial charge is 0.497 e. The van der Waals surface area contributed by atoms with Gasteiger partial charge < -0.3 is 20.1 Å². The first-order valence-corrected chi connectivity index (χ1v) is 11.3. The van der Waals surface area contributed by atoms with Crippen molar-refractivity contribution in [1.29, 1.82) is 0 Å². The second-order valence-corrected chi connectivity index (χ2v) is 8.96. The zero-order valence-electron chi connectivity index (χ0n) is 18.0. The van der Waals surface area contributed by atoms with E-state index in [0.717, 1.165) is 11.3 Å². The molecule has 2 N–H and O–H groups in total. The molecule has 5 rings (SSSR count). The van der Waals surface area contributed by atoms with Crippen LogP contribution in [0.25, 0.3) is 0 Å². The maximum absolute atomic E-state index is 13.8. The van der Waals surface area contributed by atoms with Crippen molar-refractivity contribution < 1.29 is 14.3 Å². The van der Waals surface area contributed by atoms with Crippen molar-refractivity contribution in [2.75, 3.05) is 17.3 Å². The Morgan fingerprint density at radius 2 is 1.88 bits per heavy atom. The predicted molar refractivity (Wildman–Crippen MR) is 133 cm³/mol. The molecule has 0 aliphatic carbocycles. The first kappa shape index (κ1) is 21.6. The molecule has 0 spiro atoms. The van der Waals surface area contributed by atoms with Gasteiger partial charge in [0.2, 0.25) is 5.91 Å². The molecule has 168 valence electrons. The van der Waals surface area contributed by atoms with Crippen molar-refractivity contribution in [3.63, 3.8) is 0 Å². The molecule has 0 unspecified atom stereocenters. The molecule has 0 saturated carbocycles. The van der Waals surface area contributed by atoms with E-state index in [9.17, 15) is 4.79 Å². The Kier molecular flexibility index (Phi) is 5.38. The van der Waals surface area contributed by atoms with Gasteiger partial charge in [-0.3, -0.25) is 9.69 Å². The topological polar surface area (TPSA) is 62.8 Å². The monoisotopic (exact) mass is 479 g/mol. The maximum atomic E-state index is 13.8. The number of anilines is 2. The fourth-order valence-corrected chi connectivity index (χ4v) is 5.21. The summed E-state index contributed by atoms with van der Waals surface area (Å²) < 4.78 is 11.8. The highest BCUT2D eigenvalue weighted by atomic mass is 35.5. The summed E-state index contributed by atoms with van der Waals surface area (Å²) in [7, 11) is 1.60. The molecular formula is C25H22ClN3O3S. The van der Waals surface area contributed by atoms with E-state index in [1.807, 2.05) is 54.3 Å². The van der Waals surface area contributed by atoms with E-state index in [-0.39, 0.29) is 5.91 Å². The summed E-state index contributed by atoms with van der Waals surface area (Å²) in [5.41, 5.74) is 1.21. The van der Waals surface area contributed by atoms with Crippen molar-refractivity contribution in [2.45, 2.75) is 18.7 Å². The Labute approximate surface area is 202 Å². The Hall–Kier alpha value is -3.29. The third-order valence-corrected chi connectivity index (χ3v) is 6.65. The molecule has 8 heteroatoms. The van der Waals surface area contributed by atoms with E-state index in [2.05, 4.69) is 10.6 Å². The molecule has 2 heterocycles. The molecule has 3 atom stereocenters. The van der Waals surface area contributed by atoms with E-state index in [4.69, 9.17) is 33.3 Å². The molecule has 1 amide bonds. The summed E-state index contributed by atoms with van der Waals surface area (Å²) in [5, 5.41) is 7.45. The molecule has 1 saturated heterocycles. The minimum atomic E-state index is -1.08. The molecule has 3 aromatic rings. The maximum Gasteiger partial charge on any atom is 0.236 e. The van der Waals surface area contributed by atoms with Gasteiger partial charge in [-0.15, -0.1) is 0 Å². The van der Waals surface area contributed by atoms with Crippen molar-refractivity contribution >= 4 is 46.2 Å². The Morgan fingerprint density at radius 1 is 1.15 bits per heavy atom. The molecule has 1 fully saturated rings. The number of fused-ring (bicyclic) bond motifs is 4. The van der Waals surface area contributed by atoms with Crippen LogP contribution in [0.15, 0.2) is 72.8 Å². The number of rotatable bonds is 4. The van der Waals surface area contributed by atoms with E-state index >= 15 is 0 Å². The zero-order valence-corrected chi connectivity index (χ0v) is 19.6. The van der Waals surface area contributed by atoms with Crippen LogP contribution in [-0.2, 0) is 4.79 Å². The van der Waals surface area contributed by atoms with E-state index < -0.39 is 17.7 Å². The number of carbonyl (C=O) groups is 1. The van der Waals surface area contributed by atoms with E-state index in [1.165, 1.54) is 0 Å². The second kappa shape index (κ2) is 8.24. The van der Waals surface area contributed by atoms with Crippen molar-refractivity contribution in [3.8, 4) is 11.5 Å². The molecular weight excluding hydrogens is 458 g/mol. The number of thiocarbonyl (C=S) groups is 1. The van der Waals surface area contributed by atoms with Gasteiger partial charge in [-0.1, -0.05) is 29.8 Å². The number of amides is 1. The van der Waals surface area contributed by atoms with Crippen LogP contribution in [0.1, 0.15) is 18.5 Å². The predicted octanol–water partition coefficient (Wildman–Crippen LogP) is 5.15. The second-order valence-electron chi connectivity index (χ2n) is 8.13. The first-order valence-electron chi connectivity index (χ1n) is 10.5. The first-order chi connectivity index (χ1) is 15.9. The van der Waals surface area contributed by atoms with Gasteiger partial charge in [0.1, 0.15) is 17.4 Å². The standard InChI is InChI=1S/C25H22ClN3O3S/c1-25-21(23(30)27-16-9-11-18(31-2)12-10-16)22(19-14-15(26)8-13-20(19)32-25)28-24(33)29(25)17-6-4-3-5-7-17/h3-14,21-22H,1-2H3,(H,27,30)(H,28,33)/t21-,22+,25-/m0/s1. The number of halogens is 1. The Morgan fingerprint density at radius 3 is 2.58 bits per heavy atom. The van der Waals surface area contributed by atoms with Crippen LogP contribution in [0, 0.1) is 5.92 Å². The lowest BCUT2D eigenvalue weighted by Gasteiger charge is -2.56. The molecule has 2 aliphatic rings. The van der Waals surface area contributed by atoms with Crippen molar-refractivity contribution in [1.82, 2.24) is 5.32 Å². The summed E-state index contributed by atoms with van der Waals surface area (Å²) in [6, 6.07) is 21.9. The molecule has 3 aromatic carbocycles. The van der Waals surface area contributed by atoms with Gasteiger partial charge in [-0.05, 0) is 73.7 Å². The molecule has 33 heavy (non-hydrogen) atoms. The number of nitrogens with one attached hydrogen (secondary N) is 2. The van der Waals surface area contributed by atoms with Crippen LogP contribution in [0.2, 0.25) is 5.02 Å². The van der Waals surface area contributed by atoms with E-state index in [0.29, 0.717) is 27.3 Å². The van der Waals surface area contributed by atoms with Gasteiger partial charge in [-0.2, -0.15) is 0 Å². The number of ether oxygens (including phenoxy) is 2. The van der Waals surface area contributed by atoms with Crippen LogP contribution in [0.4, 0.5) is 11.4 Å². The highest BCUT2D eigenvalue weighted by molar-refractivity contribution is 7.80. The number of carbonyl (C=O) groups excluding carboxylic acids is 1. The minimum Gasteiger partial charge on any atom is -0.497 e. The van der Waals surface area contributed by atoms with Crippen LogP contribution < -0.4 is 25.0 Å². The number of para-hydroxylation sites is 1. The summed E-state index contributed by atoms with van der Waals surface area (Å²) in [4.78, 5) is 15.6. The van der Waals surface area contributed by atoms with Crippen LogP contribution in [-0.4, -0.2) is 23.9 Å². The lowest BCUT2D eigenvalue weighted by Crippen LogP contribution is -2.72. The normalized spacial score (nSPS) is 23.1. The number of methoxy groups -OCH3 is 1. The van der Waals surface area contributed by atoms with Gasteiger partial charge in [0, 0.05) is 22.0 Å². The number of hydrogen-bond acceptors (Lipinski definition) is 4. The van der Waals surface area contributed by atoms with Crippen molar-refractivity contribution in [3.05, 3.63) is 83.4 Å². The smallest absolute Gasteiger partial charge is 0.236 e. The quantitative estimate of drug-likeness (QED) is 0.505. The SMILES string of the molecule is COc1ccc(NC(=O)[C@@H]2[C@@H]3NC(=S)N(c4ccccc4)[C@@]2(C)Oc2ccc(Cl)cc23)cc1. The van der Waals surface area contributed by atoms with Crippen LogP contribution in [0.3, 0.4) is 0 Å². The van der Waals surface area contributed by atoms with Gasteiger partial charge in [0.15, 0.2) is 10.8 Å². The molecule has 0 aromatic heterocycles. The third kappa shape index (κ3) is 3.67. The molecule has 2 bridgehead atoms. The average molecular weight is 480 g/mol. The van der Waals surface area contributed by atoms with Crippen molar-refractivity contribution in [2.24, 2.45) is 5.92 Å². The summed E-state index contributed by atoms with van der Waals surface area (Å²) in [6.45, 7) is 1.90. The number of nitrogens with zero attached hydrogens (tertiary/aromatic N) is 1. The highest BCUT2D eigenvalue weighted by Crippen LogP contribution is 2.50. The lowest BCUT2D eigenvalue weighted by atomic mass is 9.78. The van der Waals surface area contributed by atoms with Crippen LogP contribution >= 0.6 is 23.8 Å². The Balaban J connectivity index is 1.59. The van der Waals surface area contributed by atoms with E-state index in [1.54, 1.807) is 37.4 Å². The number of hydrogen-bond donors (Lipinski definition) is 2. The van der Waals surface area contributed by atoms with Gasteiger partial charge in [-0.25, -0.2) is 0 Å². The fraction of sp³-hybridized carbons (Fsp3) is 0.200. The minimum absolute atomic E-state index is 0.200. The zero-order chi connectivity index (χ0) is 23.2. The average Bonchev–Trinajstić information content (AvgIpc) is 2.80.